The summed E-state index contributed by atoms with van der Waals surface area (Å²) < 4.78 is 0. The van der Waals surface area contributed by atoms with Gasteiger partial charge in [0.25, 0.3) is 11.8 Å². The second-order valence-electron chi connectivity index (χ2n) is 9.44. The van der Waals surface area contributed by atoms with E-state index in [1.807, 2.05) is 79.7 Å². The van der Waals surface area contributed by atoms with Crippen LogP contribution in [0.3, 0.4) is 0 Å². The molecule has 0 aliphatic rings. The average molecular weight is 545 g/mol. The molecule has 0 saturated heterocycles. The van der Waals surface area contributed by atoms with Crippen molar-refractivity contribution in [1.82, 2.24) is 10.7 Å². The predicted octanol–water partition coefficient (Wildman–Crippen LogP) is 6.90. The first-order valence-electron chi connectivity index (χ1n) is 14.0. The normalized spacial score (nSPS) is 11.6. The Balaban J connectivity index is 1.57. The molecule has 2 amide bonds. The van der Waals surface area contributed by atoms with E-state index in [2.05, 4.69) is 46.7 Å². The largest absolute Gasteiger partial charge is 0.372 e. The number of carbonyl (C=O) groups excluding carboxylic acids is 2. The minimum absolute atomic E-state index is 0.105. The molecule has 41 heavy (non-hydrogen) atoms. The van der Waals surface area contributed by atoms with Crippen LogP contribution in [-0.2, 0) is 4.79 Å². The van der Waals surface area contributed by atoms with Gasteiger partial charge in [0.05, 0.1) is 5.71 Å². The smallest absolute Gasteiger partial charge is 0.287 e. The van der Waals surface area contributed by atoms with Crippen molar-refractivity contribution >= 4 is 29.3 Å². The highest BCUT2D eigenvalue weighted by atomic mass is 16.2. The number of carbonyl (C=O) groups is 2. The number of hydrogen-bond acceptors (Lipinski definition) is 4. The van der Waals surface area contributed by atoms with E-state index in [0.717, 1.165) is 46.7 Å². The molecule has 0 fully saturated rings. The summed E-state index contributed by atoms with van der Waals surface area (Å²) >= 11 is 0. The van der Waals surface area contributed by atoms with Gasteiger partial charge < -0.3 is 10.2 Å². The van der Waals surface area contributed by atoms with E-state index in [4.69, 9.17) is 0 Å². The molecular weight excluding hydrogens is 508 g/mol. The van der Waals surface area contributed by atoms with Gasteiger partial charge in [0.1, 0.15) is 5.70 Å². The van der Waals surface area contributed by atoms with E-state index < -0.39 is 5.91 Å². The standard InChI is InChI=1S/C35H36N4O2/c1-4-32(29-21-19-28(20-22-29)27-13-9-7-10-14-27)37-38-35(41)33(36-34(40)30-15-11-8-12-16-30)25-26-17-23-31(24-18-26)39(5-2)6-3/h7-25H,4-6H2,1-3H3,(H,36,40)(H,38,41)/b33-25+,37-32-. The van der Waals surface area contributed by atoms with Crippen LogP contribution in [0.2, 0.25) is 0 Å². The van der Waals surface area contributed by atoms with Gasteiger partial charge in [-0.25, -0.2) is 5.43 Å². The number of benzene rings is 4. The SMILES string of the molecule is CC/C(=N/NC(=O)/C(=C\c1ccc(N(CC)CC)cc1)NC(=O)c1ccccc1)c1ccc(-c2ccccc2)cc1. The zero-order chi connectivity index (χ0) is 29.0. The molecule has 0 spiro atoms. The molecule has 6 nitrogen and oxygen atoms in total. The highest BCUT2D eigenvalue weighted by molar-refractivity contribution is 6.06. The van der Waals surface area contributed by atoms with Gasteiger partial charge in [-0.15, -0.1) is 0 Å². The maximum absolute atomic E-state index is 13.4. The quantitative estimate of drug-likeness (QED) is 0.123. The van der Waals surface area contributed by atoms with E-state index >= 15 is 0 Å². The highest BCUT2D eigenvalue weighted by Crippen LogP contribution is 2.20. The molecule has 4 rings (SSSR count). The summed E-state index contributed by atoms with van der Waals surface area (Å²) in [5.41, 5.74) is 9.00. The summed E-state index contributed by atoms with van der Waals surface area (Å²) in [6, 6.07) is 35.0. The lowest BCUT2D eigenvalue weighted by Crippen LogP contribution is -2.33. The van der Waals surface area contributed by atoms with Crippen LogP contribution >= 0.6 is 0 Å². The van der Waals surface area contributed by atoms with Crippen LogP contribution in [0.1, 0.15) is 48.7 Å². The molecule has 4 aromatic rings. The Hall–Kier alpha value is -4.97. The fraction of sp³-hybridized carbons (Fsp3) is 0.171. The van der Waals surface area contributed by atoms with Gasteiger partial charge in [-0.2, -0.15) is 5.10 Å². The minimum atomic E-state index is -0.506. The Bertz CT molecular complexity index is 1490. The topological polar surface area (TPSA) is 73.8 Å². The maximum Gasteiger partial charge on any atom is 0.287 e. The van der Waals surface area contributed by atoms with Crippen molar-refractivity contribution in [1.29, 1.82) is 0 Å². The van der Waals surface area contributed by atoms with Gasteiger partial charge >= 0.3 is 0 Å². The van der Waals surface area contributed by atoms with Crippen molar-refractivity contribution in [2.45, 2.75) is 27.2 Å². The van der Waals surface area contributed by atoms with Crippen LogP contribution in [0.25, 0.3) is 17.2 Å². The zero-order valence-corrected chi connectivity index (χ0v) is 23.8. The van der Waals surface area contributed by atoms with Crippen molar-refractivity contribution < 1.29 is 9.59 Å². The second kappa shape index (κ2) is 14.4. The van der Waals surface area contributed by atoms with Gasteiger partial charge in [0, 0.05) is 24.3 Å². The third-order valence-corrected chi connectivity index (χ3v) is 6.81. The highest BCUT2D eigenvalue weighted by Gasteiger charge is 2.15. The van der Waals surface area contributed by atoms with E-state index in [-0.39, 0.29) is 11.6 Å². The maximum atomic E-state index is 13.4. The molecule has 0 bridgehead atoms. The van der Waals surface area contributed by atoms with Crippen LogP contribution in [0, 0.1) is 0 Å². The third-order valence-electron chi connectivity index (χ3n) is 6.81. The molecule has 6 heteroatoms. The molecule has 0 unspecified atom stereocenters. The Morgan fingerprint density at radius 3 is 1.88 bits per heavy atom. The van der Waals surface area contributed by atoms with Gasteiger partial charge in [-0.3, -0.25) is 9.59 Å². The third kappa shape index (κ3) is 7.79. The lowest BCUT2D eigenvalue weighted by atomic mass is 10.0. The van der Waals surface area contributed by atoms with Crippen molar-refractivity contribution in [3.8, 4) is 11.1 Å². The van der Waals surface area contributed by atoms with Gasteiger partial charge in [-0.05, 0) is 72.9 Å². The number of nitrogens with zero attached hydrogens (tertiary/aromatic N) is 2. The molecule has 0 heterocycles. The zero-order valence-electron chi connectivity index (χ0n) is 23.8. The van der Waals surface area contributed by atoms with Crippen LogP contribution < -0.4 is 15.6 Å². The molecule has 0 radical (unpaired) electrons. The van der Waals surface area contributed by atoms with E-state index in [9.17, 15) is 9.59 Å². The first-order valence-corrected chi connectivity index (χ1v) is 14.0. The van der Waals surface area contributed by atoms with Crippen molar-refractivity contribution in [2.24, 2.45) is 5.10 Å². The first kappa shape index (κ1) is 29.0. The second-order valence-corrected chi connectivity index (χ2v) is 9.44. The molecule has 2 N–H and O–H groups in total. The van der Waals surface area contributed by atoms with Crippen molar-refractivity contribution in [2.75, 3.05) is 18.0 Å². The average Bonchev–Trinajstić information content (AvgIpc) is 3.03. The Morgan fingerprint density at radius 1 is 0.707 bits per heavy atom. The predicted molar refractivity (Wildman–Crippen MR) is 169 cm³/mol. The van der Waals surface area contributed by atoms with Crippen LogP contribution in [-0.4, -0.2) is 30.6 Å². The molecule has 4 aromatic carbocycles. The molecule has 0 aromatic heterocycles. The van der Waals surface area contributed by atoms with Gasteiger partial charge in [0.15, 0.2) is 0 Å². The summed E-state index contributed by atoms with van der Waals surface area (Å²) in [5, 5.41) is 7.21. The van der Waals surface area contributed by atoms with Crippen LogP contribution in [0.15, 0.2) is 120 Å². The monoisotopic (exact) mass is 544 g/mol. The number of rotatable bonds is 11. The molecule has 0 aliphatic carbocycles. The summed E-state index contributed by atoms with van der Waals surface area (Å²) in [4.78, 5) is 28.6. The van der Waals surface area contributed by atoms with Gasteiger partial charge in [-0.1, -0.05) is 91.9 Å². The Labute approximate surface area is 242 Å². The van der Waals surface area contributed by atoms with Crippen LogP contribution in [0.5, 0.6) is 0 Å². The molecule has 0 atom stereocenters. The summed E-state index contributed by atoms with van der Waals surface area (Å²) in [7, 11) is 0. The van der Waals surface area contributed by atoms with Crippen molar-refractivity contribution in [3.05, 3.63) is 132 Å². The number of anilines is 1. The molecule has 0 aliphatic heterocycles. The number of hydrogen-bond donors (Lipinski definition) is 2. The summed E-state index contributed by atoms with van der Waals surface area (Å²) in [5.74, 6) is -0.878. The van der Waals surface area contributed by atoms with E-state index in [1.54, 1.807) is 30.3 Å². The van der Waals surface area contributed by atoms with Crippen molar-refractivity contribution in [3.63, 3.8) is 0 Å². The summed E-state index contributed by atoms with van der Waals surface area (Å²) in [6.07, 6.45) is 2.28. The Kier molecular flexibility index (Phi) is 10.2. The minimum Gasteiger partial charge on any atom is -0.372 e. The first-order chi connectivity index (χ1) is 20.0. The van der Waals surface area contributed by atoms with Crippen LogP contribution in [0.4, 0.5) is 5.69 Å². The Morgan fingerprint density at radius 2 is 1.29 bits per heavy atom. The molecule has 0 saturated carbocycles. The van der Waals surface area contributed by atoms with E-state index in [0.29, 0.717) is 12.0 Å². The molecule has 208 valence electrons. The fourth-order valence-corrected chi connectivity index (χ4v) is 4.49. The fourth-order valence-electron chi connectivity index (χ4n) is 4.49. The number of hydrazone groups is 1. The number of amides is 2. The summed E-state index contributed by atoms with van der Waals surface area (Å²) in [6.45, 7) is 8.02. The van der Waals surface area contributed by atoms with E-state index in [1.165, 1.54) is 0 Å². The lowest BCUT2D eigenvalue weighted by molar-refractivity contribution is -0.117. The molecular formula is C35H36N4O2. The van der Waals surface area contributed by atoms with Gasteiger partial charge in [0.2, 0.25) is 0 Å². The lowest BCUT2D eigenvalue weighted by Gasteiger charge is -2.21. The number of nitrogens with one attached hydrogen (secondary N) is 2.